The highest BCUT2D eigenvalue weighted by atomic mass is 15.2. The van der Waals surface area contributed by atoms with Crippen molar-refractivity contribution in [3.05, 3.63) is 0 Å². The highest BCUT2D eigenvalue weighted by Crippen LogP contribution is 2.40. The molecule has 0 aromatic rings. The van der Waals surface area contributed by atoms with Gasteiger partial charge in [-0.1, -0.05) is 27.7 Å². The molecule has 1 heterocycles. The summed E-state index contributed by atoms with van der Waals surface area (Å²) in [5.74, 6) is 1.69. The minimum Gasteiger partial charge on any atom is -0.326 e. The van der Waals surface area contributed by atoms with Gasteiger partial charge in [0.25, 0.3) is 0 Å². The molecule has 5 unspecified atom stereocenters. The molecule has 1 aliphatic carbocycles. The zero-order valence-electron chi connectivity index (χ0n) is 12.9. The van der Waals surface area contributed by atoms with Gasteiger partial charge in [-0.05, 0) is 49.9 Å². The van der Waals surface area contributed by atoms with E-state index in [9.17, 15) is 0 Å². The van der Waals surface area contributed by atoms with E-state index in [1.54, 1.807) is 0 Å². The number of hydrogen-bond donors (Lipinski definition) is 1. The molecule has 2 heteroatoms. The topological polar surface area (TPSA) is 29.3 Å². The maximum Gasteiger partial charge on any atom is 0.0252 e. The fourth-order valence-corrected chi connectivity index (χ4v) is 4.13. The molecule has 2 nitrogen and oxygen atoms in total. The Hall–Kier alpha value is -0.0800. The van der Waals surface area contributed by atoms with Crippen LogP contribution in [0.5, 0.6) is 0 Å². The minimum atomic E-state index is 0.399. The van der Waals surface area contributed by atoms with E-state index in [2.05, 4.69) is 39.5 Å². The van der Waals surface area contributed by atoms with E-state index in [0.29, 0.717) is 17.5 Å². The van der Waals surface area contributed by atoms with Crippen LogP contribution in [0.25, 0.3) is 0 Å². The van der Waals surface area contributed by atoms with E-state index in [0.717, 1.165) is 17.9 Å². The lowest BCUT2D eigenvalue weighted by Crippen LogP contribution is -2.53. The van der Waals surface area contributed by atoms with Crippen LogP contribution in [-0.4, -0.2) is 29.6 Å². The van der Waals surface area contributed by atoms with Gasteiger partial charge in [-0.15, -0.1) is 0 Å². The van der Waals surface area contributed by atoms with Gasteiger partial charge in [-0.25, -0.2) is 0 Å². The smallest absolute Gasteiger partial charge is 0.0252 e. The summed E-state index contributed by atoms with van der Waals surface area (Å²) in [6, 6.07) is 1.76. The van der Waals surface area contributed by atoms with Crippen LogP contribution in [-0.2, 0) is 0 Å². The van der Waals surface area contributed by atoms with Crippen molar-refractivity contribution in [2.45, 2.75) is 78.4 Å². The van der Waals surface area contributed by atoms with Crippen molar-refractivity contribution in [2.75, 3.05) is 6.54 Å². The highest BCUT2D eigenvalue weighted by molar-refractivity contribution is 4.96. The predicted octanol–water partition coefficient (Wildman–Crippen LogP) is 3.26. The van der Waals surface area contributed by atoms with E-state index in [1.165, 1.54) is 32.2 Å². The quantitative estimate of drug-likeness (QED) is 0.776. The Morgan fingerprint density at radius 2 is 1.72 bits per heavy atom. The third-order valence-corrected chi connectivity index (χ3v) is 5.35. The molecule has 2 N–H and O–H groups in total. The molecular weight excluding hydrogens is 220 g/mol. The lowest BCUT2D eigenvalue weighted by molar-refractivity contribution is 0.0644. The number of hydrogen-bond acceptors (Lipinski definition) is 2. The van der Waals surface area contributed by atoms with Crippen molar-refractivity contribution in [3.63, 3.8) is 0 Å². The highest BCUT2D eigenvalue weighted by Gasteiger charge is 2.40. The molecule has 0 spiro atoms. The van der Waals surface area contributed by atoms with Crippen LogP contribution in [0.2, 0.25) is 0 Å². The first kappa shape index (κ1) is 14.3. The minimum absolute atomic E-state index is 0.399. The van der Waals surface area contributed by atoms with Gasteiger partial charge in [0.05, 0.1) is 0 Å². The molecule has 0 bridgehead atoms. The summed E-state index contributed by atoms with van der Waals surface area (Å²) >= 11 is 0. The summed E-state index contributed by atoms with van der Waals surface area (Å²) in [5, 5.41) is 0. The molecule has 0 aromatic heterocycles. The molecule has 1 saturated heterocycles. The predicted molar refractivity (Wildman–Crippen MR) is 78.5 cm³/mol. The SMILES string of the molecule is CC1CC(C)N(C2CC(C(C)(C)C)CCC2N)C1. The molecule has 18 heavy (non-hydrogen) atoms. The lowest BCUT2D eigenvalue weighted by Gasteiger charge is -2.45. The molecular formula is C16H32N2. The Kier molecular flexibility index (Phi) is 4.08. The first-order chi connectivity index (χ1) is 8.29. The summed E-state index contributed by atoms with van der Waals surface area (Å²) in [6.07, 6.45) is 5.19. The Morgan fingerprint density at radius 3 is 2.22 bits per heavy atom. The Bertz CT molecular complexity index is 281. The van der Waals surface area contributed by atoms with Crippen LogP contribution in [0.15, 0.2) is 0 Å². The Balaban J connectivity index is 2.06. The average molecular weight is 252 g/mol. The fourth-order valence-electron chi connectivity index (χ4n) is 4.13. The second-order valence-corrected chi connectivity index (χ2v) is 7.99. The maximum absolute atomic E-state index is 6.43. The molecule has 2 rings (SSSR count). The van der Waals surface area contributed by atoms with Crippen LogP contribution in [0.1, 0.15) is 60.3 Å². The first-order valence-electron chi connectivity index (χ1n) is 7.80. The van der Waals surface area contributed by atoms with Gasteiger partial charge >= 0.3 is 0 Å². The van der Waals surface area contributed by atoms with Gasteiger partial charge in [0.1, 0.15) is 0 Å². The van der Waals surface area contributed by atoms with Crippen molar-refractivity contribution < 1.29 is 0 Å². The van der Waals surface area contributed by atoms with Gasteiger partial charge in [0.2, 0.25) is 0 Å². The monoisotopic (exact) mass is 252 g/mol. The number of rotatable bonds is 1. The number of likely N-dealkylation sites (tertiary alicyclic amines) is 1. The molecule has 5 atom stereocenters. The second kappa shape index (κ2) is 5.13. The zero-order valence-corrected chi connectivity index (χ0v) is 12.9. The van der Waals surface area contributed by atoms with Crippen LogP contribution in [0, 0.1) is 17.3 Å². The van der Waals surface area contributed by atoms with Crippen molar-refractivity contribution in [1.29, 1.82) is 0 Å². The lowest BCUT2D eigenvalue weighted by atomic mass is 9.69. The Labute approximate surface area is 113 Å². The molecule has 106 valence electrons. The van der Waals surface area contributed by atoms with Crippen LogP contribution < -0.4 is 5.73 Å². The molecule has 1 saturated carbocycles. The van der Waals surface area contributed by atoms with E-state index in [4.69, 9.17) is 5.73 Å². The van der Waals surface area contributed by atoms with E-state index in [-0.39, 0.29) is 0 Å². The number of nitrogens with two attached hydrogens (primary N) is 1. The summed E-state index contributed by atoms with van der Waals surface area (Å²) in [4.78, 5) is 2.72. The first-order valence-corrected chi connectivity index (χ1v) is 7.80. The van der Waals surface area contributed by atoms with Gasteiger partial charge in [0, 0.05) is 24.7 Å². The van der Waals surface area contributed by atoms with E-state index in [1.807, 2.05) is 0 Å². The largest absolute Gasteiger partial charge is 0.326 e. The summed E-state index contributed by atoms with van der Waals surface area (Å²) in [6.45, 7) is 13.2. The summed E-state index contributed by atoms with van der Waals surface area (Å²) in [5.41, 5.74) is 6.87. The van der Waals surface area contributed by atoms with Gasteiger partial charge in [-0.3, -0.25) is 4.90 Å². The summed E-state index contributed by atoms with van der Waals surface area (Å²) < 4.78 is 0. The standard InChI is InChI=1S/C16H32N2/c1-11-8-12(2)18(10-11)15-9-13(16(3,4)5)6-7-14(15)17/h11-15H,6-10,17H2,1-5H3. The maximum atomic E-state index is 6.43. The normalized spacial score (nSPS) is 43.3. The molecule has 1 aliphatic heterocycles. The fraction of sp³-hybridized carbons (Fsp3) is 1.00. The molecule has 2 fully saturated rings. The third kappa shape index (κ3) is 2.91. The average Bonchev–Trinajstić information content (AvgIpc) is 2.56. The van der Waals surface area contributed by atoms with Crippen LogP contribution in [0.3, 0.4) is 0 Å². The molecule has 0 aromatic carbocycles. The van der Waals surface area contributed by atoms with Crippen molar-refractivity contribution >= 4 is 0 Å². The van der Waals surface area contributed by atoms with Crippen LogP contribution >= 0.6 is 0 Å². The molecule has 0 amide bonds. The molecule has 2 aliphatic rings. The number of nitrogens with zero attached hydrogens (tertiary/aromatic N) is 1. The van der Waals surface area contributed by atoms with Crippen LogP contribution in [0.4, 0.5) is 0 Å². The van der Waals surface area contributed by atoms with Crippen molar-refractivity contribution in [3.8, 4) is 0 Å². The van der Waals surface area contributed by atoms with Gasteiger partial charge < -0.3 is 5.73 Å². The Morgan fingerprint density at radius 1 is 1.06 bits per heavy atom. The van der Waals surface area contributed by atoms with E-state index >= 15 is 0 Å². The van der Waals surface area contributed by atoms with Gasteiger partial charge in [-0.2, -0.15) is 0 Å². The second-order valence-electron chi connectivity index (χ2n) is 7.99. The zero-order chi connectivity index (χ0) is 13.5. The van der Waals surface area contributed by atoms with E-state index < -0.39 is 0 Å². The molecule has 0 radical (unpaired) electrons. The van der Waals surface area contributed by atoms with Crippen molar-refractivity contribution in [2.24, 2.45) is 23.0 Å². The third-order valence-electron chi connectivity index (χ3n) is 5.35. The summed E-state index contributed by atoms with van der Waals surface area (Å²) in [7, 11) is 0. The van der Waals surface area contributed by atoms with Crippen molar-refractivity contribution in [1.82, 2.24) is 4.90 Å². The van der Waals surface area contributed by atoms with Gasteiger partial charge in [0.15, 0.2) is 0 Å².